The summed E-state index contributed by atoms with van der Waals surface area (Å²) in [5.41, 5.74) is -0.0702. The van der Waals surface area contributed by atoms with E-state index in [9.17, 15) is 15.0 Å². The molecule has 0 aromatic rings. The summed E-state index contributed by atoms with van der Waals surface area (Å²) < 4.78 is 0. The Labute approximate surface area is 138 Å². The van der Waals surface area contributed by atoms with Crippen LogP contribution in [0.4, 0.5) is 0 Å². The number of aliphatic hydroxyl groups is 2. The molecule has 0 aliphatic heterocycles. The van der Waals surface area contributed by atoms with Gasteiger partial charge in [0.1, 0.15) is 5.60 Å². The lowest BCUT2D eigenvalue weighted by atomic mass is 9.45. The predicted octanol–water partition coefficient (Wildman–Crippen LogP) is 2.77. The predicted molar refractivity (Wildman–Crippen MR) is 89.4 cm³/mol. The molecule has 3 aliphatic rings. The Bertz CT molecular complexity index is 675. The summed E-state index contributed by atoms with van der Waals surface area (Å²) in [6.45, 7) is 8.02. The van der Waals surface area contributed by atoms with Gasteiger partial charge in [0, 0.05) is 11.1 Å². The first-order valence-electron chi connectivity index (χ1n) is 8.44. The van der Waals surface area contributed by atoms with Gasteiger partial charge >= 0.3 is 0 Å². The van der Waals surface area contributed by atoms with Crippen LogP contribution in [0.5, 0.6) is 0 Å². The van der Waals surface area contributed by atoms with E-state index in [1.165, 1.54) is 0 Å². The van der Waals surface area contributed by atoms with Gasteiger partial charge in [-0.1, -0.05) is 26.7 Å². The third-order valence-electron chi connectivity index (χ3n) is 6.90. The third kappa shape index (κ3) is 1.95. The highest BCUT2D eigenvalue weighted by molar-refractivity contribution is 6.07. The third-order valence-corrected chi connectivity index (χ3v) is 6.90. The van der Waals surface area contributed by atoms with Gasteiger partial charge < -0.3 is 10.2 Å². The van der Waals surface area contributed by atoms with Gasteiger partial charge in [-0.05, 0) is 61.0 Å². The summed E-state index contributed by atoms with van der Waals surface area (Å²) in [6, 6.07) is 0. The second kappa shape index (κ2) is 4.82. The highest BCUT2D eigenvalue weighted by Gasteiger charge is 2.60. The van der Waals surface area contributed by atoms with Crippen LogP contribution in [0.1, 0.15) is 53.4 Å². The quantitative estimate of drug-likeness (QED) is 0.676. The van der Waals surface area contributed by atoms with Crippen molar-refractivity contribution in [3.05, 3.63) is 22.8 Å². The van der Waals surface area contributed by atoms with E-state index in [-0.39, 0.29) is 28.6 Å². The van der Waals surface area contributed by atoms with Crippen molar-refractivity contribution in [3.63, 3.8) is 0 Å². The van der Waals surface area contributed by atoms with Crippen molar-refractivity contribution in [3.8, 4) is 12.3 Å². The standard InChI is InChI=1S/C20H26O3/c1-6-13-12(2)14(21)11-16-19(5)9-8-17(22)18(3,4)15(19)7-10-20(13,16)23/h1,11,15,17,22-23H,7-10H2,2-5H3/t15?,17-,19-,20+/m1/s1. The molecule has 0 saturated heterocycles. The van der Waals surface area contributed by atoms with Crippen molar-refractivity contribution < 1.29 is 15.0 Å². The van der Waals surface area contributed by atoms with Gasteiger partial charge in [-0.25, -0.2) is 0 Å². The van der Waals surface area contributed by atoms with Gasteiger partial charge in [-0.15, -0.1) is 6.42 Å². The molecule has 23 heavy (non-hydrogen) atoms. The van der Waals surface area contributed by atoms with Crippen LogP contribution >= 0.6 is 0 Å². The fourth-order valence-electron chi connectivity index (χ4n) is 5.45. The average Bonchev–Trinajstić information content (AvgIpc) is 2.47. The zero-order valence-electron chi connectivity index (χ0n) is 14.4. The van der Waals surface area contributed by atoms with Gasteiger partial charge in [0.05, 0.1) is 6.10 Å². The molecule has 0 amide bonds. The van der Waals surface area contributed by atoms with Crippen molar-refractivity contribution in [1.29, 1.82) is 0 Å². The molecule has 0 heterocycles. The summed E-state index contributed by atoms with van der Waals surface area (Å²) in [5.74, 6) is 2.71. The molecule has 124 valence electrons. The zero-order chi connectivity index (χ0) is 17.2. The number of carbonyl (C=O) groups excluding carboxylic acids is 1. The monoisotopic (exact) mass is 314 g/mol. The highest BCUT2D eigenvalue weighted by Crippen LogP contribution is 2.63. The van der Waals surface area contributed by atoms with E-state index in [4.69, 9.17) is 6.42 Å². The molecule has 1 unspecified atom stereocenters. The molecule has 0 aromatic carbocycles. The largest absolute Gasteiger partial charge is 0.393 e. The maximum atomic E-state index is 12.4. The van der Waals surface area contributed by atoms with Crippen LogP contribution in [0.25, 0.3) is 0 Å². The van der Waals surface area contributed by atoms with Crippen molar-refractivity contribution in [2.45, 2.75) is 65.1 Å². The van der Waals surface area contributed by atoms with E-state index in [1.54, 1.807) is 13.0 Å². The van der Waals surface area contributed by atoms with Crippen molar-refractivity contribution in [2.75, 3.05) is 0 Å². The first-order valence-corrected chi connectivity index (χ1v) is 8.44. The highest BCUT2D eigenvalue weighted by atomic mass is 16.3. The number of ketones is 1. The molecule has 0 bridgehead atoms. The summed E-state index contributed by atoms with van der Waals surface area (Å²) in [4.78, 5) is 12.4. The topological polar surface area (TPSA) is 57.5 Å². The molecule has 2 fully saturated rings. The maximum absolute atomic E-state index is 12.4. The van der Waals surface area contributed by atoms with Crippen molar-refractivity contribution in [1.82, 2.24) is 0 Å². The summed E-state index contributed by atoms with van der Waals surface area (Å²) in [5, 5.41) is 21.8. The zero-order valence-corrected chi connectivity index (χ0v) is 14.4. The lowest BCUT2D eigenvalue weighted by Crippen LogP contribution is -2.58. The Morgan fingerprint density at radius 3 is 2.52 bits per heavy atom. The van der Waals surface area contributed by atoms with E-state index >= 15 is 0 Å². The van der Waals surface area contributed by atoms with Gasteiger partial charge in [0.2, 0.25) is 0 Å². The lowest BCUT2D eigenvalue weighted by molar-refractivity contribution is -0.121. The molecule has 3 rings (SSSR count). The number of rotatable bonds is 0. The fraction of sp³-hybridized carbons (Fsp3) is 0.650. The summed E-state index contributed by atoms with van der Waals surface area (Å²) >= 11 is 0. The van der Waals surface area contributed by atoms with Crippen LogP contribution in [-0.4, -0.2) is 27.7 Å². The number of carbonyl (C=O) groups is 1. The summed E-state index contributed by atoms with van der Waals surface area (Å²) in [7, 11) is 0. The minimum atomic E-state index is -1.20. The molecular weight excluding hydrogens is 288 g/mol. The second-order valence-corrected chi connectivity index (χ2v) is 8.31. The van der Waals surface area contributed by atoms with Crippen LogP contribution in [-0.2, 0) is 4.79 Å². The van der Waals surface area contributed by atoms with Crippen LogP contribution in [0.3, 0.4) is 0 Å². The molecule has 3 heteroatoms. The number of hydrogen-bond donors (Lipinski definition) is 2. The first kappa shape index (κ1) is 16.5. The minimum Gasteiger partial charge on any atom is -0.393 e. The number of hydrogen-bond acceptors (Lipinski definition) is 3. The minimum absolute atomic E-state index is 0.0940. The molecular formula is C20H26O3. The Kier molecular flexibility index (Phi) is 3.45. The molecule has 3 aliphatic carbocycles. The number of fused-ring (bicyclic) bond motifs is 3. The number of aliphatic hydroxyl groups excluding tert-OH is 1. The Morgan fingerprint density at radius 2 is 1.91 bits per heavy atom. The molecule has 0 radical (unpaired) electrons. The van der Waals surface area contributed by atoms with E-state index in [1.807, 2.05) is 0 Å². The Morgan fingerprint density at radius 1 is 1.26 bits per heavy atom. The van der Waals surface area contributed by atoms with Gasteiger partial charge in [0.15, 0.2) is 5.78 Å². The van der Waals surface area contributed by atoms with Crippen LogP contribution < -0.4 is 0 Å². The van der Waals surface area contributed by atoms with Crippen molar-refractivity contribution in [2.24, 2.45) is 16.7 Å². The van der Waals surface area contributed by atoms with Gasteiger partial charge in [-0.2, -0.15) is 0 Å². The molecule has 0 aromatic heterocycles. The maximum Gasteiger partial charge on any atom is 0.182 e. The first-order chi connectivity index (χ1) is 10.6. The smallest absolute Gasteiger partial charge is 0.182 e. The van der Waals surface area contributed by atoms with Gasteiger partial charge in [-0.3, -0.25) is 4.79 Å². The van der Waals surface area contributed by atoms with Crippen molar-refractivity contribution >= 4 is 5.78 Å². The average molecular weight is 314 g/mol. The van der Waals surface area contributed by atoms with E-state index in [2.05, 4.69) is 26.7 Å². The summed E-state index contributed by atoms with van der Waals surface area (Å²) in [6.07, 6.45) is 9.66. The van der Waals surface area contributed by atoms with E-state index in [0.29, 0.717) is 24.0 Å². The van der Waals surface area contributed by atoms with Gasteiger partial charge in [0.25, 0.3) is 0 Å². The van der Waals surface area contributed by atoms with E-state index in [0.717, 1.165) is 18.4 Å². The normalized spacial score (nSPS) is 42.5. The molecule has 3 nitrogen and oxygen atoms in total. The Hall–Kier alpha value is -1.37. The number of terminal acetylenes is 1. The SMILES string of the molecule is C#CC1=C(C)C(=O)C=C2[C@]1(O)CCC1C(C)(C)[C@H](O)CC[C@@]21C. The van der Waals surface area contributed by atoms with Crippen LogP contribution in [0.15, 0.2) is 22.8 Å². The van der Waals surface area contributed by atoms with E-state index < -0.39 is 5.60 Å². The Balaban J connectivity index is 2.17. The molecule has 4 atom stereocenters. The molecule has 0 spiro atoms. The molecule has 2 N–H and O–H groups in total. The lowest BCUT2D eigenvalue weighted by Gasteiger charge is -2.60. The van der Waals surface area contributed by atoms with Crippen LogP contribution in [0.2, 0.25) is 0 Å². The fourth-order valence-corrected chi connectivity index (χ4v) is 5.45. The molecule has 2 saturated carbocycles. The number of allylic oxidation sites excluding steroid dienone is 2. The van der Waals surface area contributed by atoms with Crippen LogP contribution in [0, 0.1) is 29.1 Å². The second-order valence-electron chi connectivity index (χ2n) is 8.31.